The van der Waals surface area contributed by atoms with E-state index in [-0.39, 0.29) is 0 Å². The van der Waals surface area contributed by atoms with Crippen molar-refractivity contribution in [2.45, 2.75) is 57.8 Å². The van der Waals surface area contributed by atoms with Crippen LogP contribution in [0.15, 0.2) is 218 Å². The van der Waals surface area contributed by atoms with Gasteiger partial charge in [-0.3, -0.25) is 0 Å². The molecule has 0 saturated heterocycles. The average Bonchev–Trinajstić information content (AvgIpc) is 3.31. The van der Waals surface area contributed by atoms with Gasteiger partial charge in [-0.05, 0) is 22.3 Å². The van der Waals surface area contributed by atoms with Crippen molar-refractivity contribution in [1.29, 1.82) is 0 Å². The molecular formula is C57H60Si4. The van der Waals surface area contributed by atoms with E-state index in [1.165, 1.54) is 63.7 Å². The molecule has 61 heavy (non-hydrogen) atoms. The van der Waals surface area contributed by atoms with E-state index in [1.54, 1.807) is 0 Å². The number of benzene rings is 8. The molecule has 0 unspecified atom stereocenters. The van der Waals surface area contributed by atoms with E-state index in [0.717, 1.165) is 0 Å². The van der Waals surface area contributed by atoms with Crippen molar-refractivity contribution in [1.82, 2.24) is 0 Å². The molecule has 8 aromatic carbocycles. The molecule has 4 heteroatoms. The molecule has 0 nitrogen and oxygen atoms in total. The fourth-order valence-electron chi connectivity index (χ4n) is 9.63. The van der Waals surface area contributed by atoms with Gasteiger partial charge in [0.15, 0.2) is 0 Å². The van der Waals surface area contributed by atoms with Crippen LogP contribution in [0.25, 0.3) is 0 Å². The molecule has 0 spiro atoms. The van der Waals surface area contributed by atoms with Crippen molar-refractivity contribution in [3.8, 4) is 0 Å². The number of hydrogen-bond acceptors (Lipinski definition) is 0. The fourth-order valence-corrected chi connectivity index (χ4v) is 19.1. The van der Waals surface area contributed by atoms with Crippen LogP contribution in [0.4, 0.5) is 0 Å². The maximum Gasteiger partial charge on any atom is 0.112 e. The lowest BCUT2D eigenvalue weighted by Crippen LogP contribution is -2.53. The minimum absolute atomic E-state index is 0.568. The molecule has 0 atom stereocenters. The summed E-state index contributed by atoms with van der Waals surface area (Å²) in [6.45, 7) is 19.9. The molecule has 0 aliphatic carbocycles. The number of rotatable bonds is 12. The van der Waals surface area contributed by atoms with E-state index in [1.807, 2.05) is 0 Å². The van der Waals surface area contributed by atoms with Crippen molar-refractivity contribution >= 4 is 73.8 Å². The van der Waals surface area contributed by atoms with Crippen LogP contribution in [-0.2, 0) is 5.41 Å². The van der Waals surface area contributed by atoms with Crippen LogP contribution in [0.3, 0.4) is 0 Å². The molecule has 0 radical (unpaired) electrons. The van der Waals surface area contributed by atoms with Gasteiger partial charge in [0.25, 0.3) is 0 Å². The van der Waals surface area contributed by atoms with Gasteiger partial charge < -0.3 is 0 Å². The zero-order valence-corrected chi connectivity index (χ0v) is 41.3. The van der Waals surface area contributed by atoms with Crippen LogP contribution < -0.4 is 41.5 Å². The van der Waals surface area contributed by atoms with Crippen LogP contribution in [0.1, 0.15) is 22.3 Å². The highest BCUT2D eigenvalue weighted by atomic mass is 28.3. The highest BCUT2D eigenvalue weighted by Crippen LogP contribution is 2.45. The quantitative estimate of drug-likeness (QED) is 0.0850. The largest absolute Gasteiger partial charge is 0.112 e. The summed E-state index contributed by atoms with van der Waals surface area (Å²) in [5, 5.41) is 11.6. The first-order chi connectivity index (χ1) is 29.3. The second kappa shape index (κ2) is 16.8. The lowest BCUT2D eigenvalue weighted by Gasteiger charge is -2.38. The van der Waals surface area contributed by atoms with E-state index in [9.17, 15) is 0 Å². The summed E-state index contributed by atoms with van der Waals surface area (Å²) in [5.74, 6) is 0. The summed E-state index contributed by atoms with van der Waals surface area (Å²) in [7, 11) is -7.78. The maximum absolute atomic E-state index is 2.48. The zero-order chi connectivity index (χ0) is 42.9. The first-order valence-electron chi connectivity index (χ1n) is 21.9. The fraction of sp³-hybridized carbons (Fsp3) is 0.158. The number of hydrogen-bond donors (Lipinski definition) is 0. The van der Waals surface area contributed by atoms with Gasteiger partial charge in [0.1, 0.15) is 32.3 Å². The average molecular weight is 857 g/mol. The van der Waals surface area contributed by atoms with Gasteiger partial charge in [-0.2, -0.15) is 0 Å². The SMILES string of the molecule is C[Si](C)(c1ccccc1)c1ccc(C(c2ccc([Si](C)(C)c3ccccc3)cc2)(c2ccc([Si](C)(C)c3ccccc3)cc2)c2ccc([Si](C)(C)c3ccccc3)cc2)cc1. The Morgan fingerprint density at radius 2 is 0.344 bits per heavy atom. The van der Waals surface area contributed by atoms with Crippen molar-refractivity contribution in [2.24, 2.45) is 0 Å². The molecule has 0 bridgehead atoms. The standard InChI is InChI=1S/C57H60Si4/c1-58(2,49-21-13-9-14-22-49)53-37-29-45(30-38-53)57(46-31-39-54(40-32-46)59(3,4)50-23-15-10-16-24-50,47-33-41-55(42-34-47)60(5,6)51-25-17-11-18-26-51)48-35-43-56(44-36-48)61(7,8)52-27-19-12-20-28-52/h9-44H,1-8H3. The summed E-state index contributed by atoms with van der Waals surface area (Å²) in [6.07, 6.45) is 0. The Bertz CT molecular complexity index is 2280. The molecule has 0 heterocycles. The summed E-state index contributed by atoms with van der Waals surface area (Å²) < 4.78 is 0. The zero-order valence-electron chi connectivity index (χ0n) is 37.3. The second-order valence-electron chi connectivity index (χ2n) is 19.0. The van der Waals surface area contributed by atoms with Crippen LogP contribution in [-0.4, -0.2) is 32.3 Å². The van der Waals surface area contributed by atoms with Gasteiger partial charge in [-0.15, -0.1) is 0 Å². The monoisotopic (exact) mass is 856 g/mol. The van der Waals surface area contributed by atoms with E-state index in [2.05, 4.69) is 271 Å². The Labute approximate surface area is 370 Å². The minimum atomic E-state index is -1.94. The van der Waals surface area contributed by atoms with E-state index in [0.29, 0.717) is 0 Å². The lowest BCUT2D eigenvalue weighted by molar-refractivity contribution is 0.746. The van der Waals surface area contributed by atoms with E-state index < -0.39 is 37.7 Å². The molecule has 0 fully saturated rings. The second-order valence-corrected chi connectivity index (χ2v) is 36.6. The third kappa shape index (κ3) is 7.87. The Balaban J connectivity index is 1.35. The smallest absolute Gasteiger partial charge is 0.0626 e. The van der Waals surface area contributed by atoms with Crippen molar-refractivity contribution in [3.05, 3.63) is 241 Å². The molecular weight excluding hydrogens is 797 g/mol. The third-order valence-corrected chi connectivity index (χ3v) is 28.4. The molecule has 8 aromatic rings. The molecule has 0 aliphatic rings. The van der Waals surface area contributed by atoms with E-state index in [4.69, 9.17) is 0 Å². The molecule has 0 aromatic heterocycles. The molecule has 0 saturated carbocycles. The van der Waals surface area contributed by atoms with Gasteiger partial charge in [-0.1, -0.05) is 312 Å². The Morgan fingerprint density at radius 1 is 0.197 bits per heavy atom. The maximum atomic E-state index is 2.48. The van der Waals surface area contributed by atoms with Crippen LogP contribution in [0.2, 0.25) is 52.4 Å². The van der Waals surface area contributed by atoms with Gasteiger partial charge in [0, 0.05) is 0 Å². The highest BCUT2D eigenvalue weighted by molar-refractivity contribution is 7.02. The Morgan fingerprint density at radius 3 is 0.508 bits per heavy atom. The third-order valence-electron chi connectivity index (χ3n) is 14.1. The van der Waals surface area contributed by atoms with Gasteiger partial charge >= 0.3 is 0 Å². The van der Waals surface area contributed by atoms with Gasteiger partial charge in [0.05, 0.1) is 5.41 Å². The normalized spacial score (nSPS) is 12.6. The molecule has 0 N–H and O–H groups in total. The van der Waals surface area contributed by atoms with Crippen molar-refractivity contribution in [3.63, 3.8) is 0 Å². The molecule has 304 valence electrons. The lowest BCUT2D eigenvalue weighted by atomic mass is 9.65. The topological polar surface area (TPSA) is 0 Å². The van der Waals surface area contributed by atoms with E-state index >= 15 is 0 Å². The predicted molar refractivity (Wildman–Crippen MR) is 278 cm³/mol. The molecule has 8 rings (SSSR count). The minimum Gasteiger partial charge on any atom is -0.0626 e. The van der Waals surface area contributed by atoms with Crippen LogP contribution >= 0.6 is 0 Å². The van der Waals surface area contributed by atoms with Crippen LogP contribution in [0.5, 0.6) is 0 Å². The van der Waals surface area contributed by atoms with Crippen LogP contribution in [0, 0.1) is 0 Å². The first-order valence-corrected chi connectivity index (χ1v) is 33.9. The molecule has 0 aliphatic heterocycles. The Kier molecular flexibility index (Phi) is 11.7. The first kappa shape index (κ1) is 42.3. The predicted octanol–water partition coefficient (Wildman–Crippen LogP) is 9.36. The summed E-state index contributed by atoms with van der Waals surface area (Å²) >= 11 is 0. The Hall–Kier alpha value is -5.37. The summed E-state index contributed by atoms with van der Waals surface area (Å²) in [5.41, 5.74) is 4.60. The van der Waals surface area contributed by atoms with Gasteiger partial charge in [0.2, 0.25) is 0 Å². The van der Waals surface area contributed by atoms with Crippen molar-refractivity contribution in [2.75, 3.05) is 0 Å². The summed E-state index contributed by atoms with van der Waals surface area (Å²) in [4.78, 5) is 0. The summed E-state index contributed by atoms with van der Waals surface area (Å²) in [6, 6.07) is 83.7. The van der Waals surface area contributed by atoms with Crippen molar-refractivity contribution < 1.29 is 0 Å². The highest BCUT2D eigenvalue weighted by Gasteiger charge is 2.41. The van der Waals surface area contributed by atoms with Gasteiger partial charge in [-0.25, -0.2) is 0 Å². The molecule has 0 amide bonds.